The van der Waals surface area contributed by atoms with Gasteiger partial charge in [0.15, 0.2) is 0 Å². The molecular weight excluding hydrogens is 294 g/mol. The summed E-state index contributed by atoms with van der Waals surface area (Å²) in [4.78, 5) is 2.44. The molecule has 24 heavy (non-hydrogen) atoms. The van der Waals surface area contributed by atoms with Crippen molar-refractivity contribution in [3.63, 3.8) is 0 Å². The van der Waals surface area contributed by atoms with E-state index in [1.165, 1.54) is 22.3 Å². The molecule has 0 amide bonds. The van der Waals surface area contributed by atoms with E-state index in [-0.39, 0.29) is 0 Å². The second kappa shape index (κ2) is 8.62. The van der Waals surface area contributed by atoms with Gasteiger partial charge in [0.05, 0.1) is 13.2 Å². The van der Waals surface area contributed by atoms with Gasteiger partial charge in [-0.15, -0.1) is 0 Å². The molecule has 1 fully saturated rings. The maximum Gasteiger partial charge on any atom is 0.0594 e. The highest BCUT2D eigenvalue weighted by Crippen LogP contribution is 2.11. The molecule has 2 nitrogen and oxygen atoms in total. The fourth-order valence-corrected chi connectivity index (χ4v) is 2.76. The zero-order valence-electron chi connectivity index (χ0n) is 14.3. The Labute approximate surface area is 145 Å². The maximum atomic E-state index is 5.39. The van der Waals surface area contributed by atoms with Crippen LogP contribution in [-0.4, -0.2) is 31.2 Å². The van der Waals surface area contributed by atoms with Gasteiger partial charge in [0, 0.05) is 19.6 Å². The number of aryl methyl sites for hydroxylation is 1. The topological polar surface area (TPSA) is 12.5 Å². The molecule has 0 aromatic heterocycles. The van der Waals surface area contributed by atoms with Gasteiger partial charge in [0.1, 0.15) is 0 Å². The van der Waals surface area contributed by atoms with Crippen LogP contribution >= 0.6 is 0 Å². The van der Waals surface area contributed by atoms with E-state index < -0.39 is 0 Å². The monoisotopic (exact) mass is 319 g/mol. The number of benzene rings is 2. The van der Waals surface area contributed by atoms with E-state index in [9.17, 15) is 0 Å². The Hall–Kier alpha value is -2.16. The highest BCUT2D eigenvalue weighted by Gasteiger charge is 2.10. The van der Waals surface area contributed by atoms with Gasteiger partial charge in [0.2, 0.25) is 0 Å². The summed E-state index contributed by atoms with van der Waals surface area (Å²) in [6, 6.07) is 17.4. The van der Waals surface area contributed by atoms with Crippen molar-refractivity contribution in [3.05, 3.63) is 82.9 Å². The van der Waals surface area contributed by atoms with Crippen LogP contribution in [0.15, 0.2) is 60.7 Å². The van der Waals surface area contributed by atoms with Crippen LogP contribution < -0.4 is 0 Å². The lowest BCUT2D eigenvalue weighted by molar-refractivity contribution is 0.0342. The third-order valence-electron chi connectivity index (χ3n) is 4.26. The first kappa shape index (κ1) is 16.7. The summed E-state index contributed by atoms with van der Waals surface area (Å²) >= 11 is 0. The van der Waals surface area contributed by atoms with E-state index in [0.717, 1.165) is 32.8 Å². The molecule has 2 aromatic rings. The van der Waals surface area contributed by atoms with Gasteiger partial charge in [-0.05, 0) is 23.6 Å². The highest BCUT2D eigenvalue weighted by atomic mass is 16.5. The molecule has 1 aliphatic heterocycles. The van der Waals surface area contributed by atoms with Gasteiger partial charge >= 0.3 is 0 Å². The number of ether oxygens (including phenoxy) is 1. The van der Waals surface area contributed by atoms with Gasteiger partial charge < -0.3 is 4.74 Å². The van der Waals surface area contributed by atoms with E-state index in [0.29, 0.717) is 0 Å². The molecule has 0 unspecified atom stereocenters. The minimum absolute atomic E-state index is 0.855. The van der Waals surface area contributed by atoms with Crippen LogP contribution in [-0.2, 0) is 11.3 Å². The van der Waals surface area contributed by atoms with E-state index >= 15 is 0 Å². The summed E-state index contributed by atoms with van der Waals surface area (Å²) in [5, 5.41) is 0. The van der Waals surface area contributed by atoms with Crippen LogP contribution in [0.3, 0.4) is 0 Å². The summed E-state index contributed by atoms with van der Waals surface area (Å²) in [7, 11) is 0. The van der Waals surface area contributed by atoms with E-state index in [4.69, 9.17) is 4.74 Å². The molecule has 0 spiro atoms. The Morgan fingerprint density at radius 2 is 1.38 bits per heavy atom. The smallest absolute Gasteiger partial charge is 0.0594 e. The van der Waals surface area contributed by atoms with Gasteiger partial charge in [-0.25, -0.2) is 0 Å². The highest BCUT2D eigenvalue weighted by molar-refractivity contribution is 5.57. The Morgan fingerprint density at radius 1 is 0.833 bits per heavy atom. The van der Waals surface area contributed by atoms with Crippen LogP contribution in [0.4, 0.5) is 0 Å². The molecule has 2 aromatic carbocycles. The first-order valence-corrected chi connectivity index (χ1v) is 8.60. The second-order valence-corrected chi connectivity index (χ2v) is 6.26. The standard InChI is InChI=1S/C22H25NO/c1-19-6-8-20(9-7-19)4-2-3-5-21-10-12-22(13-11-21)18-23-14-16-24-17-15-23/h2-13H,14-18H2,1H3/b4-2+,5-3+. The predicted molar refractivity (Wildman–Crippen MR) is 102 cm³/mol. The molecular formula is C22H25NO. The summed E-state index contributed by atoms with van der Waals surface area (Å²) < 4.78 is 5.39. The summed E-state index contributed by atoms with van der Waals surface area (Å²) in [6.45, 7) is 6.90. The van der Waals surface area contributed by atoms with Crippen LogP contribution in [0.2, 0.25) is 0 Å². The second-order valence-electron chi connectivity index (χ2n) is 6.26. The largest absolute Gasteiger partial charge is 0.379 e. The average molecular weight is 319 g/mol. The Balaban J connectivity index is 1.52. The minimum atomic E-state index is 0.855. The Bertz CT molecular complexity index is 677. The molecule has 124 valence electrons. The molecule has 0 radical (unpaired) electrons. The van der Waals surface area contributed by atoms with E-state index in [1.54, 1.807) is 0 Å². The summed E-state index contributed by atoms with van der Waals surface area (Å²) in [5.74, 6) is 0. The fraction of sp³-hybridized carbons (Fsp3) is 0.273. The summed E-state index contributed by atoms with van der Waals surface area (Å²) in [6.07, 6.45) is 8.45. The number of morpholine rings is 1. The zero-order chi connectivity index (χ0) is 16.6. The molecule has 0 saturated carbocycles. The first-order valence-electron chi connectivity index (χ1n) is 8.60. The number of nitrogens with zero attached hydrogens (tertiary/aromatic N) is 1. The number of allylic oxidation sites excluding steroid dienone is 2. The molecule has 1 saturated heterocycles. The van der Waals surface area contributed by atoms with Crippen molar-refractivity contribution in [3.8, 4) is 0 Å². The third-order valence-corrected chi connectivity index (χ3v) is 4.26. The number of rotatable bonds is 5. The van der Waals surface area contributed by atoms with Crippen LogP contribution in [0.5, 0.6) is 0 Å². The lowest BCUT2D eigenvalue weighted by Crippen LogP contribution is -2.35. The number of hydrogen-bond donors (Lipinski definition) is 0. The van der Waals surface area contributed by atoms with Crippen molar-refractivity contribution in [1.82, 2.24) is 4.90 Å². The average Bonchev–Trinajstić information content (AvgIpc) is 2.62. The normalized spacial score (nSPS) is 16.2. The third kappa shape index (κ3) is 5.19. The fourth-order valence-electron chi connectivity index (χ4n) is 2.76. The van der Waals surface area contributed by atoms with Crippen molar-refractivity contribution >= 4 is 12.2 Å². The van der Waals surface area contributed by atoms with E-state index in [2.05, 4.69) is 84.7 Å². The van der Waals surface area contributed by atoms with Crippen molar-refractivity contribution in [2.75, 3.05) is 26.3 Å². The van der Waals surface area contributed by atoms with Crippen LogP contribution in [0, 0.1) is 6.92 Å². The van der Waals surface area contributed by atoms with Gasteiger partial charge in [0.25, 0.3) is 0 Å². The van der Waals surface area contributed by atoms with Crippen LogP contribution in [0.25, 0.3) is 12.2 Å². The van der Waals surface area contributed by atoms with Crippen molar-refractivity contribution < 1.29 is 4.74 Å². The molecule has 0 aliphatic carbocycles. The molecule has 0 bridgehead atoms. The molecule has 2 heteroatoms. The van der Waals surface area contributed by atoms with Gasteiger partial charge in [-0.2, -0.15) is 0 Å². The molecule has 0 atom stereocenters. The minimum Gasteiger partial charge on any atom is -0.379 e. The molecule has 3 rings (SSSR count). The van der Waals surface area contributed by atoms with E-state index in [1.807, 2.05) is 0 Å². The lowest BCUT2D eigenvalue weighted by atomic mass is 10.1. The quantitative estimate of drug-likeness (QED) is 0.749. The molecule has 1 heterocycles. The SMILES string of the molecule is Cc1ccc(/C=C/C=C/c2ccc(CN3CCOCC3)cc2)cc1. The zero-order valence-corrected chi connectivity index (χ0v) is 14.3. The van der Waals surface area contributed by atoms with Gasteiger partial charge in [-0.3, -0.25) is 4.90 Å². The van der Waals surface area contributed by atoms with Gasteiger partial charge in [-0.1, -0.05) is 78.4 Å². The maximum absolute atomic E-state index is 5.39. The lowest BCUT2D eigenvalue weighted by Gasteiger charge is -2.26. The predicted octanol–water partition coefficient (Wildman–Crippen LogP) is 4.55. The Morgan fingerprint density at radius 3 is 1.96 bits per heavy atom. The van der Waals surface area contributed by atoms with Crippen molar-refractivity contribution in [2.24, 2.45) is 0 Å². The molecule has 1 aliphatic rings. The van der Waals surface area contributed by atoms with Crippen LogP contribution in [0.1, 0.15) is 22.3 Å². The number of hydrogen-bond acceptors (Lipinski definition) is 2. The Kier molecular flexibility index (Phi) is 6.00. The van der Waals surface area contributed by atoms with Crippen molar-refractivity contribution in [2.45, 2.75) is 13.5 Å². The first-order chi connectivity index (χ1) is 11.8. The molecule has 0 N–H and O–H groups in total. The summed E-state index contributed by atoms with van der Waals surface area (Å²) in [5.41, 5.74) is 5.12. The van der Waals surface area contributed by atoms with Crippen molar-refractivity contribution in [1.29, 1.82) is 0 Å².